The van der Waals surface area contributed by atoms with E-state index in [2.05, 4.69) is 5.32 Å². The molecular weight excluding hydrogens is 252 g/mol. The summed E-state index contributed by atoms with van der Waals surface area (Å²) in [5.41, 5.74) is 0. The summed E-state index contributed by atoms with van der Waals surface area (Å²) in [6, 6.07) is 3.71. The SMILES string of the molecule is C[C@H](C[S@](C)=O)N(C)CC(=O)NCc1ccco1. The third kappa shape index (κ3) is 5.46. The number of hydrogen-bond donors (Lipinski definition) is 1. The Labute approximate surface area is 110 Å². The molecule has 2 atom stereocenters. The molecule has 0 saturated heterocycles. The maximum absolute atomic E-state index is 11.7. The smallest absolute Gasteiger partial charge is 0.234 e. The van der Waals surface area contributed by atoms with Gasteiger partial charge < -0.3 is 9.73 Å². The van der Waals surface area contributed by atoms with E-state index in [1.54, 1.807) is 18.6 Å². The highest BCUT2D eigenvalue weighted by atomic mass is 32.2. The molecule has 102 valence electrons. The summed E-state index contributed by atoms with van der Waals surface area (Å²) in [5.74, 6) is 1.23. The van der Waals surface area contributed by atoms with Crippen LogP contribution in [-0.2, 0) is 22.1 Å². The second-order valence-corrected chi connectivity index (χ2v) is 5.84. The quantitative estimate of drug-likeness (QED) is 0.789. The van der Waals surface area contributed by atoms with Gasteiger partial charge >= 0.3 is 0 Å². The van der Waals surface area contributed by atoms with Crippen LogP contribution in [0.5, 0.6) is 0 Å². The Bertz CT molecular complexity index is 392. The molecule has 0 aromatic carbocycles. The summed E-state index contributed by atoms with van der Waals surface area (Å²) in [7, 11) is 1.00. The van der Waals surface area contributed by atoms with Crippen molar-refractivity contribution >= 4 is 16.7 Å². The predicted octanol–water partition coefficient (Wildman–Crippen LogP) is 0.595. The van der Waals surface area contributed by atoms with Gasteiger partial charge in [0.25, 0.3) is 0 Å². The van der Waals surface area contributed by atoms with E-state index in [4.69, 9.17) is 4.42 Å². The predicted molar refractivity (Wildman–Crippen MR) is 71.6 cm³/mol. The number of carbonyl (C=O) groups excluding carboxylic acids is 1. The molecule has 0 saturated carbocycles. The molecule has 0 fully saturated rings. The maximum atomic E-state index is 11.7. The third-order valence-corrected chi connectivity index (χ3v) is 3.61. The largest absolute Gasteiger partial charge is 0.467 e. The van der Waals surface area contributed by atoms with E-state index < -0.39 is 10.8 Å². The van der Waals surface area contributed by atoms with Crippen molar-refractivity contribution in [3.63, 3.8) is 0 Å². The van der Waals surface area contributed by atoms with Crippen LogP contribution >= 0.6 is 0 Å². The van der Waals surface area contributed by atoms with E-state index in [-0.39, 0.29) is 11.9 Å². The summed E-state index contributed by atoms with van der Waals surface area (Å²) < 4.78 is 16.2. The normalized spacial score (nSPS) is 14.4. The molecule has 1 amide bonds. The highest BCUT2D eigenvalue weighted by Crippen LogP contribution is 2.00. The Balaban J connectivity index is 2.28. The van der Waals surface area contributed by atoms with E-state index in [9.17, 15) is 9.00 Å². The molecule has 1 rings (SSSR count). The molecule has 0 radical (unpaired) electrons. The van der Waals surface area contributed by atoms with Crippen molar-refractivity contribution in [1.29, 1.82) is 0 Å². The molecule has 0 bridgehead atoms. The maximum Gasteiger partial charge on any atom is 0.234 e. The van der Waals surface area contributed by atoms with Gasteiger partial charge in [-0.05, 0) is 26.1 Å². The molecule has 0 aliphatic heterocycles. The Morgan fingerprint density at radius 1 is 1.61 bits per heavy atom. The van der Waals surface area contributed by atoms with Crippen LogP contribution < -0.4 is 5.32 Å². The van der Waals surface area contributed by atoms with Gasteiger partial charge in [0.2, 0.25) is 5.91 Å². The monoisotopic (exact) mass is 272 g/mol. The highest BCUT2D eigenvalue weighted by Gasteiger charge is 2.14. The standard InChI is InChI=1S/C12H20N2O3S/c1-10(9-18(3)16)14(2)8-12(15)13-7-11-5-4-6-17-11/h4-6,10H,7-9H2,1-3H3,(H,13,15)/t10-,18+/m1/s1. The summed E-state index contributed by atoms with van der Waals surface area (Å²) >= 11 is 0. The van der Waals surface area contributed by atoms with Crippen molar-refractivity contribution in [3.05, 3.63) is 24.2 Å². The molecular formula is C12H20N2O3S. The molecule has 1 aromatic heterocycles. The molecule has 18 heavy (non-hydrogen) atoms. The van der Waals surface area contributed by atoms with Crippen LogP contribution in [0.25, 0.3) is 0 Å². The first-order chi connectivity index (χ1) is 8.49. The Hall–Kier alpha value is -1.14. The highest BCUT2D eigenvalue weighted by molar-refractivity contribution is 7.84. The fourth-order valence-electron chi connectivity index (χ4n) is 1.50. The molecule has 0 aliphatic carbocycles. The number of nitrogens with one attached hydrogen (secondary N) is 1. The van der Waals surface area contributed by atoms with Crippen LogP contribution in [0.15, 0.2) is 22.8 Å². The minimum absolute atomic E-state index is 0.0670. The van der Waals surface area contributed by atoms with Gasteiger partial charge in [0.15, 0.2) is 0 Å². The number of carbonyl (C=O) groups is 1. The molecule has 5 nitrogen and oxygen atoms in total. The molecule has 1 N–H and O–H groups in total. The number of nitrogens with zero attached hydrogens (tertiary/aromatic N) is 1. The first-order valence-corrected chi connectivity index (χ1v) is 7.51. The average molecular weight is 272 g/mol. The zero-order chi connectivity index (χ0) is 13.5. The minimum Gasteiger partial charge on any atom is -0.467 e. The average Bonchev–Trinajstić information content (AvgIpc) is 2.78. The molecule has 1 heterocycles. The summed E-state index contributed by atoms with van der Waals surface area (Å²) in [6.45, 7) is 2.65. The lowest BCUT2D eigenvalue weighted by Crippen LogP contribution is -2.41. The van der Waals surface area contributed by atoms with Gasteiger partial charge in [-0.25, -0.2) is 0 Å². The van der Waals surface area contributed by atoms with Gasteiger partial charge in [0.1, 0.15) is 5.76 Å². The van der Waals surface area contributed by atoms with Crippen molar-refractivity contribution in [2.75, 3.05) is 25.6 Å². The second kappa shape index (κ2) is 7.33. The van der Waals surface area contributed by atoms with Gasteiger partial charge in [-0.1, -0.05) is 0 Å². The Morgan fingerprint density at radius 3 is 2.89 bits per heavy atom. The number of likely N-dealkylation sites (N-methyl/N-ethyl adjacent to an activating group) is 1. The van der Waals surface area contributed by atoms with Crippen molar-refractivity contribution in [2.24, 2.45) is 0 Å². The van der Waals surface area contributed by atoms with Crippen LogP contribution in [0.3, 0.4) is 0 Å². The van der Waals surface area contributed by atoms with Crippen LogP contribution in [0.2, 0.25) is 0 Å². The first kappa shape index (κ1) is 14.9. The van der Waals surface area contributed by atoms with Crippen molar-refractivity contribution in [2.45, 2.75) is 19.5 Å². The van der Waals surface area contributed by atoms with E-state index in [1.165, 1.54) is 0 Å². The number of amides is 1. The van der Waals surface area contributed by atoms with Crippen LogP contribution in [0.4, 0.5) is 0 Å². The number of furan rings is 1. The van der Waals surface area contributed by atoms with Gasteiger partial charge in [0, 0.05) is 28.9 Å². The number of hydrogen-bond acceptors (Lipinski definition) is 4. The Morgan fingerprint density at radius 2 is 2.33 bits per heavy atom. The van der Waals surface area contributed by atoms with Crippen molar-refractivity contribution in [1.82, 2.24) is 10.2 Å². The second-order valence-electron chi connectivity index (χ2n) is 4.36. The summed E-state index contributed by atoms with van der Waals surface area (Å²) in [5, 5.41) is 2.77. The zero-order valence-electron chi connectivity index (χ0n) is 11.0. The molecule has 0 aliphatic rings. The minimum atomic E-state index is -0.847. The molecule has 6 heteroatoms. The first-order valence-electron chi connectivity index (χ1n) is 5.78. The fraction of sp³-hybridized carbons (Fsp3) is 0.583. The summed E-state index contributed by atoms with van der Waals surface area (Å²) in [6.07, 6.45) is 3.24. The topological polar surface area (TPSA) is 62.6 Å². The van der Waals surface area contributed by atoms with Crippen molar-refractivity contribution < 1.29 is 13.4 Å². The van der Waals surface area contributed by atoms with Gasteiger partial charge in [-0.3, -0.25) is 13.9 Å². The molecule has 0 unspecified atom stereocenters. The lowest BCUT2D eigenvalue weighted by Gasteiger charge is -2.23. The molecule has 1 aromatic rings. The molecule has 0 spiro atoms. The van der Waals surface area contributed by atoms with Crippen molar-refractivity contribution in [3.8, 4) is 0 Å². The van der Waals surface area contributed by atoms with E-state index in [0.717, 1.165) is 5.76 Å². The van der Waals surface area contributed by atoms with Crippen LogP contribution in [0.1, 0.15) is 12.7 Å². The van der Waals surface area contributed by atoms with Gasteiger partial charge in [-0.15, -0.1) is 0 Å². The lowest BCUT2D eigenvalue weighted by molar-refractivity contribution is -0.122. The zero-order valence-corrected chi connectivity index (χ0v) is 11.8. The summed E-state index contributed by atoms with van der Waals surface area (Å²) in [4.78, 5) is 13.6. The fourth-order valence-corrected chi connectivity index (χ4v) is 2.44. The lowest BCUT2D eigenvalue weighted by atomic mass is 10.3. The van der Waals surface area contributed by atoms with E-state index in [1.807, 2.05) is 24.9 Å². The van der Waals surface area contributed by atoms with Crippen LogP contribution in [-0.4, -0.2) is 46.7 Å². The van der Waals surface area contributed by atoms with E-state index in [0.29, 0.717) is 18.8 Å². The third-order valence-electron chi connectivity index (χ3n) is 2.66. The van der Waals surface area contributed by atoms with Gasteiger partial charge in [0.05, 0.1) is 19.4 Å². The number of rotatable bonds is 7. The van der Waals surface area contributed by atoms with Gasteiger partial charge in [-0.2, -0.15) is 0 Å². The van der Waals surface area contributed by atoms with E-state index >= 15 is 0 Å². The Kier molecular flexibility index (Phi) is 6.07. The van der Waals surface area contributed by atoms with Crippen LogP contribution in [0, 0.1) is 0 Å².